The van der Waals surface area contributed by atoms with E-state index in [0.717, 1.165) is 5.56 Å². The zero-order chi connectivity index (χ0) is 25.4. The standard InChI is InChI=1S/C27H26N2O3S.C2H6/c1-3-22(19-13-7-5-8-14-19)29-27(30)24-21-17-11-12-18-23(21)28-25(20-15-9-6-10-16-20)26(24)33(31,32)4-2;1-2/h5-18,22H,3-4H2,1-2H3,(H,29,30);1-2H3/t22-;/m0./s1. The molecule has 4 aromatic rings. The van der Waals surface area contributed by atoms with Crippen molar-refractivity contribution in [1.82, 2.24) is 10.3 Å². The van der Waals surface area contributed by atoms with E-state index in [1.54, 1.807) is 25.1 Å². The third kappa shape index (κ3) is 5.60. The van der Waals surface area contributed by atoms with Crippen molar-refractivity contribution in [2.24, 2.45) is 0 Å². The van der Waals surface area contributed by atoms with E-state index in [9.17, 15) is 13.2 Å². The van der Waals surface area contributed by atoms with Crippen LogP contribution in [-0.2, 0) is 9.84 Å². The van der Waals surface area contributed by atoms with Gasteiger partial charge in [-0.1, -0.05) is 107 Å². The molecule has 4 rings (SSSR count). The Hall–Kier alpha value is -3.51. The van der Waals surface area contributed by atoms with Gasteiger partial charge in [-0.05, 0) is 18.1 Å². The van der Waals surface area contributed by atoms with Crippen LogP contribution in [0.4, 0.5) is 0 Å². The first-order valence-corrected chi connectivity index (χ1v) is 13.7. The Bertz CT molecular complexity index is 1390. The maximum Gasteiger partial charge on any atom is 0.253 e. The summed E-state index contributed by atoms with van der Waals surface area (Å²) in [6, 6.07) is 25.8. The molecular formula is C29H32N2O3S. The third-order valence-electron chi connectivity index (χ3n) is 5.73. The summed E-state index contributed by atoms with van der Waals surface area (Å²) in [6.07, 6.45) is 0.667. The number of aromatic nitrogens is 1. The van der Waals surface area contributed by atoms with Crippen molar-refractivity contribution in [3.8, 4) is 11.3 Å². The fourth-order valence-electron chi connectivity index (χ4n) is 4.00. The van der Waals surface area contributed by atoms with E-state index in [4.69, 9.17) is 4.98 Å². The predicted octanol–water partition coefficient (Wildman–Crippen LogP) is 6.60. The number of hydrogen-bond donors (Lipinski definition) is 1. The van der Waals surface area contributed by atoms with Crippen LogP contribution >= 0.6 is 0 Å². The van der Waals surface area contributed by atoms with Crippen molar-refractivity contribution in [1.29, 1.82) is 0 Å². The van der Waals surface area contributed by atoms with Crippen LogP contribution in [-0.4, -0.2) is 25.1 Å². The van der Waals surface area contributed by atoms with Crippen molar-refractivity contribution >= 4 is 26.6 Å². The molecule has 5 nitrogen and oxygen atoms in total. The summed E-state index contributed by atoms with van der Waals surface area (Å²) in [7, 11) is -3.77. The van der Waals surface area contributed by atoms with Crippen LogP contribution in [0.1, 0.15) is 56.1 Å². The van der Waals surface area contributed by atoms with Gasteiger partial charge in [-0.15, -0.1) is 0 Å². The lowest BCUT2D eigenvalue weighted by Crippen LogP contribution is -2.30. The highest BCUT2D eigenvalue weighted by Gasteiger charge is 2.30. The van der Waals surface area contributed by atoms with Crippen LogP contribution in [0, 0.1) is 0 Å². The molecule has 1 heterocycles. The number of benzene rings is 3. The number of nitrogens with zero attached hydrogens (tertiary/aromatic N) is 1. The van der Waals surface area contributed by atoms with Gasteiger partial charge in [0.1, 0.15) is 4.90 Å². The largest absolute Gasteiger partial charge is 0.345 e. The average Bonchev–Trinajstić information content (AvgIpc) is 2.92. The van der Waals surface area contributed by atoms with Crippen LogP contribution in [0.3, 0.4) is 0 Å². The summed E-state index contributed by atoms with van der Waals surface area (Å²) >= 11 is 0. The zero-order valence-corrected chi connectivity index (χ0v) is 21.5. The molecule has 0 radical (unpaired) electrons. The van der Waals surface area contributed by atoms with Gasteiger partial charge in [0, 0.05) is 10.9 Å². The topological polar surface area (TPSA) is 76.1 Å². The highest BCUT2D eigenvalue weighted by Crippen LogP contribution is 2.34. The third-order valence-corrected chi connectivity index (χ3v) is 7.51. The van der Waals surface area contributed by atoms with E-state index in [1.807, 2.05) is 87.5 Å². The first-order valence-electron chi connectivity index (χ1n) is 12.0. The molecule has 0 aliphatic carbocycles. The van der Waals surface area contributed by atoms with Crippen LogP contribution in [0.2, 0.25) is 0 Å². The molecule has 0 saturated carbocycles. The van der Waals surface area contributed by atoms with E-state index >= 15 is 0 Å². The minimum absolute atomic E-state index is 0.0182. The number of hydrogen-bond acceptors (Lipinski definition) is 4. The Labute approximate surface area is 208 Å². The quantitative estimate of drug-likeness (QED) is 0.318. The Morgan fingerprint density at radius 1 is 0.857 bits per heavy atom. The molecule has 0 aliphatic rings. The SMILES string of the molecule is CC.CC[C@H](NC(=O)c1c(S(=O)(=O)CC)c(-c2ccccc2)nc2ccccc12)c1ccccc1. The molecule has 0 spiro atoms. The molecule has 1 atom stereocenters. The normalized spacial score (nSPS) is 11.9. The highest BCUT2D eigenvalue weighted by atomic mass is 32.2. The maximum atomic E-state index is 13.8. The van der Waals surface area contributed by atoms with Crippen LogP contribution in [0.15, 0.2) is 89.8 Å². The summed E-state index contributed by atoms with van der Waals surface area (Å²) < 4.78 is 26.7. The molecule has 6 heteroatoms. The van der Waals surface area contributed by atoms with Gasteiger partial charge in [0.2, 0.25) is 0 Å². The molecule has 0 fully saturated rings. The summed E-state index contributed by atoms with van der Waals surface area (Å²) in [4.78, 5) is 18.4. The van der Waals surface area contributed by atoms with Crippen LogP contribution in [0.5, 0.6) is 0 Å². The number of rotatable bonds is 7. The van der Waals surface area contributed by atoms with E-state index in [1.165, 1.54) is 0 Å². The van der Waals surface area contributed by atoms with Crippen molar-refractivity contribution in [2.75, 3.05) is 5.75 Å². The number of pyridine rings is 1. The molecule has 0 saturated heterocycles. The lowest BCUT2D eigenvalue weighted by Gasteiger charge is -2.21. The minimum atomic E-state index is -3.77. The van der Waals surface area contributed by atoms with Crippen LogP contribution in [0.25, 0.3) is 22.2 Å². The van der Waals surface area contributed by atoms with E-state index in [-0.39, 0.29) is 22.3 Å². The van der Waals surface area contributed by atoms with Gasteiger partial charge in [0.05, 0.1) is 28.6 Å². The van der Waals surface area contributed by atoms with Gasteiger partial charge in [0.25, 0.3) is 5.91 Å². The van der Waals surface area contributed by atoms with Gasteiger partial charge < -0.3 is 5.32 Å². The number of nitrogens with one attached hydrogen (secondary N) is 1. The molecule has 0 bridgehead atoms. The number of amides is 1. The second-order valence-electron chi connectivity index (χ2n) is 7.80. The first-order chi connectivity index (χ1) is 17.0. The second-order valence-corrected chi connectivity index (χ2v) is 10.0. The number of para-hydroxylation sites is 1. The van der Waals surface area contributed by atoms with Gasteiger partial charge >= 0.3 is 0 Å². The second kappa shape index (κ2) is 11.8. The maximum absolute atomic E-state index is 13.8. The summed E-state index contributed by atoms with van der Waals surface area (Å²) in [5.74, 6) is -0.559. The molecular weight excluding hydrogens is 456 g/mol. The monoisotopic (exact) mass is 488 g/mol. The Morgan fingerprint density at radius 3 is 2.03 bits per heavy atom. The van der Waals surface area contributed by atoms with Gasteiger partial charge in [-0.2, -0.15) is 0 Å². The molecule has 0 unspecified atom stereocenters. The number of fused-ring (bicyclic) bond motifs is 1. The summed E-state index contributed by atoms with van der Waals surface area (Å²) in [6.45, 7) is 7.57. The van der Waals surface area contributed by atoms with Crippen molar-refractivity contribution < 1.29 is 13.2 Å². The average molecular weight is 489 g/mol. The highest BCUT2D eigenvalue weighted by molar-refractivity contribution is 7.91. The molecule has 1 N–H and O–H groups in total. The van der Waals surface area contributed by atoms with Crippen molar-refractivity contribution in [3.63, 3.8) is 0 Å². The van der Waals surface area contributed by atoms with E-state index in [0.29, 0.717) is 28.6 Å². The minimum Gasteiger partial charge on any atom is -0.345 e. The first kappa shape index (κ1) is 26.1. The van der Waals surface area contributed by atoms with Crippen molar-refractivity contribution in [3.05, 3.63) is 96.1 Å². The predicted molar refractivity (Wildman–Crippen MR) is 143 cm³/mol. The number of sulfone groups is 1. The molecule has 1 amide bonds. The van der Waals surface area contributed by atoms with Crippen molar-refractivity contribution in [2.45, 2.75) is 45.1 Å². The van der Waals surface area contributed by atoms with Gasteiger partial charge in [-0.25, -0.2) is 13.4 Å². The fraction of sp³-hybridized carbons (Fsp3) is 0.241. The molecule has 35 heavy (non-hydrogen) atoms. The Kier molecular flexibility index (Phi) is 8.77. The fourth-order valence-corrected chi connectivity index (χ4v) is 5.26. The molecule has 0 aliphatic heterocycles. The van der Waals surface area contributed by atoms with Crippen LogP contribution < -0.4 is 5.32 Å². The Morgan fingerprint density at radius 2 is 1.43 bits per heavy atom. The smallest absolute Gasteiger partial charge is 0.253 e. The van der Waals surface area contributed by atoms with Gasteiger partial charge in [0.15, 0.2) is 9.84 Å². The lowest BCUT2D eigenvalue weighted by molar-refractivity contribution is 0.0934. The number of carbonyl (C=O) groups excluding carboxylic acids is 1. The van der Waals surface area contributed by atoms with E-state index < -0.39 is 15.7 Å². The summed E-state index contributed by atoms with van der Waals surface area (Å²) in [5.41, 5.74) is 2.64. The molecule has 3 aromatic carbocycles. The molecule has 182 valence electrons. The lowest BCUT2D eigenvalue weighted by atomic mass is 10.0. The van der Waals surface area contributed by atoms with Gasteiger partial charge in [-0.3, -0.25) is 4.79 Å². The zero-order valence-electron chi connectivity index (χ0n) is 20.7. The van der Waals surface area contributed by atoms with E-state index in [2.05, 4.69) is 5.32 Å². The number of carbonyl (C=O) groups is 1. The Balaban J connectivity index is 0.00000167. The summed E-state index contributed by atoms with van der Waals surface area (Å²) in [5, 5.41) is 3.59. The molecule has 1 aromatic heterocycles.